The van der Waals surface area contributed by atoms with E-state index in [1.54, 1.807) is 4.68 Å². The van der Waals surface area contributed by atoms with Crippen LogP contribution in [0, 0.1) is 0 Å². The zero-order valence-electron chi connectivity index (χ0n) is 16.3. The first-order valence-corrected chi connectivity index (χ1v) is 8.75. The summed E-state index contributed by atoms with van der Waals surface area (Å²) in [5, 5.41) is 7.71. The van der Waals surface area contributed by atoms with Gasteiger partial charge in [-0.3, -0.25) is 9.67 Å². The fraction of sp³-hybridized carbons (Fsp3) is 0.500. The van der Waals surface area contributed by atoms with Crippen molar-refractivity contribution >= 4 is 35.8 Å². The van der Waals surface area contributed by atoms with Crippen molar-refractivity contribution in [2.24, 2.45) is 12.0 Å². The number of nitrogens with zero attached hydrogens (tertiary/aromatic N) is 6. The van der Waals surface area contributed by atoms with Crippen LogP contribution in [0.3, 0.4) is 0 Å². The molecule has 3 rings (SSSR count). The highest BCUT2D eigenvalue weighted by molar-refractivity contribution is 14.0. The van der Waals surface area contributed by atoms with E-state index in [-0.39, 0.29) is 30.1 Å². The fourth-order valence-corrected chi connectivity index (χ4v) is 3.13. The molecule has 2 aromatic rings. The van der Waals surface area contributed by atoms with Gasteiger partial charge >= 0.3 is 0 Å². The van der Waals surface area contributed by atoms with Crippen molar-refractivity contribution in [1.29, 1.82) is 0 Å². The van der Waals surface area contributed by atoms with Crippen LogP contribution in [0.1, 0.15) is 17.2 Å². The van der Waals surface area contributed by atoms with E-state index in [0.717, 1.165) is 36.0 Å². The van der Waals surface area contributed by atoms with Gasteiger partial charge in [-0.15, -0.1) is 24.0 Å². The number of rotatable bonds is 4. The molecule has 8 nitrogen and oxygen atoms in total. The van der Waals surface area contributed by atoms with E-state index in [9.17, 15) is 0 Å². The van der Waals surface area contributed by atoms with Crippen molar-refractivity contribution in [3.05, 3.63) is 41.9 Å². The highest BCUT2D eigenvalue weighted by atomic mass is 127. The van der Waals surface area contributed by atoms with Gasteiger partial charge in [-0.1, -0.05) is 6.07 Å². The molecule has 27 heavy (non-hydrogen) atoms. The van der Waals surface area contributed by atoms with Gasteiger partial charge in [-0.05, 0) is 6.07 Å². The van der Waals surface area contributed by atoms with Crippen LogP contribution in [-0.2, 0) is 18.3 Å². The molecule has 0 spiro atoms. The number of morpholine rings is 1. The van der Waals surface area contributed by atoms with Crippen molar-refractivity contribution < 1.29 is 4.74 Å². The van der Waals surface area contributed by atoms with E-state index in [2.05, 4.69) is 31.4 Å². The van der Waals surface area contributed by atoms with E-state index in [1.807, 2.05) is 57.7 Å². The average molecular weight is 485 g/mol. The SMILES string of the molecule is CN=C(NCc1cccnc1N(C)C)N1CCOC(c2cnn(C)c2)C1.I. The molecule has 1 atom stereocenters. The lowest BCUT2D eigenvalue weighted by Crippen LogP contribution is -2.48. The Bertz CT molecular complexity index is 762. The molecule has 1 aliphatic heterocycles. The summed E-state index contributed by atoms with van der Waals surface area (Å²) in [6.45, 7) is 2.89. The highest BCUT2D eigenvalue weighted by Crippen LogP contribution is 2.22. The van der Waals surface area contributed by atoms with Crippen LogP contribution in [0.25, 0.3) is 0 Å². The quantitative estimate of drug-likeness (QED) is 0.404. The second-order valence-corrected chi connectivity index (χ2v) is 6.53. The molecule has 0 saturated carbocycles. The molecule has 2 aromatic heterocycles. The summed E-state index contributed by atoms with van der Waals surface area (Å²) in [4.78, 5) is 13.2. The van der Waals surface area contributed by atoms with Gasteiger partial charge < -0.3 is 19.9 Å². The van der Waals surface area contributed by atoms with Gasteiger partial charge in [0.15, 0.2) is 5.96 Å². The highest BCUT2D eigenvalue weighted by Gasteiger charge is 2.25. The Balaban J connectivity index is 0.00000261. The normalized spacial score (nSPS) is 17.4. The molecule has 0 radical (unpaired) electrons. The van der Waals surface area contributed by atoms with Crippen molar-refractivity contribution in [3.8, 4) is 0 Å². The fourth-order valence-electron chi connectivity index (χ4n) is 3.13. The second kappa shape index (κ2) is 9.88. The van der Waals surface area contributed by atoms with Crippen LogP contribution in [0.5, 0.6) is 0 Å². The number of pyridine rings is 1. The summed E-state index contributed by atoms with van der Waals surface area (Å²) >= 11 is 0. The number of aryl methyl sites for hydroxylation is 1. The Morgan fingerprint density at radius 2 is 2.26 bits per heavy atom. The molecule has 1 fully saturated rings. The number of ether oxygens (including phenoxy) is 1. The smallest absolute Gasteiger partial charge is 0.194 e. The van der Waals surface area contributed by atoms with E-state index in [0.29, 0.717) is 13.2 Å². The van der Waals surface area contributed by atoms with Gasteiger partial charge in [0, 0.05) is 64.8 Å². The Kier molecular flexibility index (Phi) is 7.84. The zero-order chi connectivity index (χ0) is 18.5. The number of hydrogen-bond acceptors (Lipinski definition) is 5. The number of hydrogen-bond donors (Lipinski definition) is 1. The van der Waals surface area contributed by atoms with Crippen LogP contribution < -0.4 is 10.2 Å². The van der Waals surface area contributed by atoms with E-state index in [4.69, 9.17) is 4.74 Å². The first-order chi connectivity index (χ1) is 12.6. The summed E-state index contributed by atoms with van der Waals surface area (Å²) in [5.74, 6) is 1.83. The minimum atomic E-state index is 0. The minimum absolute atomic E-state index is 0. The number of nitrogens with one attached hydrogen (secondary N) is 1. The molecule has 3 heterocycles. The van der Waals surface area contributed by atoms with Gasteiger partial charge in [-0.25, -0.2) is 4.98 Å². The number of guanidine groups is 1. The predicted molar refractivity (Wildman–Crippen MR) is 118 cm³/mol. The Morgan fingerprint density at radius 3 is 2.93 bits per heavy atom. The van der Waals surface area contributed by atoms with Gasteiger partial charge in [0.1, 0.15) is 11.9 Å². The molecule has 0 bridgehead atoms. The monoisotopic (exact) mass is 485 g/mol. The zero-order valence-corrected chi connectivity index (χ0v) is 18.6. The van der Waals surface area contributed by atoms with Crippen LogP contribution in [-0.4, -0.2) is 66.5 Å². The minimum Gasteiger partial charge on any atom is -0.370 e. The maximum atomic E-state index is 5.92. The standard InChI is InChI=1S/C18H27N7O.HI/c1-19-18(21-10-14-6-5-7-20-17(14)23(2)3)25-8-9-26-16(13-25)15-11-22-24(4)12-15;/h5-7,11-12,16H,8-10,13H2,1-4H3,(H,19,21);1H. The van der Waals surface area contributed by atoms with Crippen molar-refractivity contribution in [1.82, 2.24) is 25.0 Å². The topological polar surface area (TPSA) is 70.8 Å². The Morgan fingerprint density at radius 1 is 1.44 bits per heavy atom. The van der Waals surface area contributed by atoms with E-state index in [1.165, 1.54) is 0 Å². The molecular formula is C18H28IN7O. The molecule has 1 N–H and O–H groups in total. The third-order valence-corrected chi connectivity index (χ3v) is 4.40. The lowest BCUT2D eigenvalue weighted by atomic mass is 10.1. The maximum Gasteiger partial charge on any atom is 0.194 e. The number of anilines is 1. The first kappa shape index (κ1) is 21.4. The van der Waals surface area contributed by atoms with E-state index >= 15 is 0 Å². The molecule has 148 valence electrons. The van der Waals surface area contributed by atoms with E-state index < -0.39 is 0 Å². The van der Waals surface area contributed by atoms with Crippen molar-refractivity contribution in [2.75, 3.05) is 45.7 Å². The van der Waals surface area contributed by atoms with Gasteiger partial charge in [-0.2, -0.15) is 5.10 Å². The third-order valence-electron chi connectivity index (χ3n) is 4.40. The number of halogens is 1. The summed E-state index contributed by atoms with van der Waals surface area (Å²) in [6, 6.07) is 4.04. The van der Waals surface area contributed by atoms with Gasteiger partial charge in [0.2, 0.25) is 0 Å². The summed E-state index contributed by atoms with van der Waals surface area (Å²) < 4.78 is 7.72. The lowest BCUT2D eigenvalue weighted by molar-refractivity contribution is -0.00805. The molecule has 1 saturated heterocycles. The molecule has 0 aliphatic carbocycles. The van der Waals surface area contributed by atoms with Crippen LogP contribution in [0.2, 0.25) is 0 Å². The van der Waals surface area contributed by atoms with Crippen molar-refractivity contribution in [3.63, 3.8) is 0 Å². The summed E-state index contributed by atoms with van der Waals surface area (Å²) in [7, 11) is 7.73. The number of aromatic nitrogens is 3. The third kappa shape index (κ3) is 5.32. The van der Waals surface area contributed by atoms with Gasteiger partial charge in [0.05, 0.1) is 19.3 Å². The molecule has 0 aromatic carbocycles. The van der Waals surface area contributed by atoms with Crippen molar-refractivity contribution in [2.45, 2.75) is 12.6 Å². The van der Waals surface area contributed by atoms with Crippen LogP contribution >= 0.6 is 24.0 Å². The molecule has 1 aliphatic rings. The molecule has 0 amide bonds. The maximum absolute atomic E-state index is 5.92. The van der Waals surface area contributed by atoms with Crippen LogP contribution in [0.15, 0.2) is 35.7 Å². The second-order valence-electron chi connectivity index (χ2n) is 6.53. The number of aliphatic imine (C=N–C) groups is 1. The molecular weight excluding hydrogens is 457 g/mol. The van der Waals surface area contributed by atoms with Crippen LogP contribution in [0.4, 0.5) is 5.82 Å². The summed E-state index contributed by atoms with van der Waals surface area (Å²) in [6.07, 6.45) is 5.69. The molecule has 1 unspecified atom stereocenters. The predicted octanol–water partition coefficient (Wildman–Crippen LogP) is 1.65. The summed E-state index contributed by atoms with van der Waals surface area (Å²) in [5.41, 5.74) is 2.23. The average Bonchev–Trinajstić information content (AvgIpc) is 3.09. The Hall–Kier alpha value is -1.88. The molecule has 9 heteroatoms. The largest absolute Gasteiger partial charge is 0.370 e. The Labute approximate surface area is 177 Å². The lowest BCUT2D eigenvalue weighted by Gasteiger charge is -2.34. The first-order valence-electron chi connectivity index (χ1n) is 8.75. The van der Waals surface area contributed by atoms with Gasteiger partial charge in [0.25, 0.3) is 0 Å².